The van der Waals surface area contributed by atoms with Crippen molar-refractivity contribution in [2.24, 2.45) is 0 Å². The van der Waals surface area contributed by atoms with Crippen LogP contribution in [0.5, 0.6) is 0 Å². The van der Waals surface area contributed by atoms with Crippen LogP contribution in [0.15, 0.2) is 54.7 Å². The summed E-state index contributed by atoms with van der Waals surface area (Å²) in [6.07, 6.45) is 1.79. The number of aryl methyl sites for hydroxylation is 1. The van der Waals surface area contributed by atoms with Gasteiger partial charge in [-0.3, -0.25) is 0 Å². The quantitative estimate of drug-likeness (QED) is 0.768. The molecule has 3 rings (SSSR count). The Morgan fingerprint density at radius 3 is 2.17 bits per heavy atom. The van der Waals surface area contributed by atoms with Crippen LogP contribution in [0.25, 0.3) is 16.8 Å². The lowest BCUT2D eigenvalue weighted by Gasteiger charge is -2.06. The van der Waals surface area contributed by atoms with Crippen molar-refractivity contribution in [3.63, 3.8) is 0 Å². The highest BCUT2D eigenvalue weighted by molar-refractivity contribution is 5.97. The van der Waals surface area contributed by atoms with E-state index < -0.39 is 5.97 Å². The third-order valence-electron chi connectivity index (χ3n) is 3.93. The lowest BCUT2D eigenvalue weighted by atomic mass is 10.0. The van der Waals surface area contributed by atoms with Gasteiger partial charge in [-0.25, -0.2) is 9.18 Å². The van der Waals surface area contributed by atoms with Crippen molar-refractivity contribution in [2.45, 2.75) is 13.8 Å². The number of aromatic nitrogens is 1. The average molecular weight is 309 g/mol. The number of nitrogens with zero attached hydrogens (tertiary/aromatic N) is 1. The minimum atomic E-state index is -0.973. The molecule has 3 aromatic rings. The Labute approximate surface area is 133 Å². The van der Waals surface area contributed by atoms with E-state index in [2.05, 4.69) is 0 Å². The molecule has 4 heteroatoms. The molecule has 0 amide bonds. The van der Waals surface area contributed by atoms with Crippen LogP contribution in [-0.4, -0.2) is 15.6 Å². The zero-order valence-corrected chi connectivity index (χ0v) is 12.9. The molecule has 0 bridgehead atoms. The van der Waals surface area contributed by atoms with Crippen LogP contribution < -0.4 is 0 Å². The Kier molecular flexibility index (Phi) is 3.74. The molecule has 3 nitrogen and oxygen atoms in total. The fourth-order valence-electron chi connectivity index (χ4n) is 2.70. The minimum absolute atomic E-state index is 0.262. The van der Waals surface area contributed by atoms with E-state index in [-0.39, 0.29) is 11.4 Å². The topological polar surface area (TPSA) is 42.2 Å². The number of carbonyl (C=O) groups is 1. The summed E-state index contributed by atoms with van der Waals surface area (Å²) >= 11 is 0. The summed E-state index contributed by atoms with van der Waals surface area (Å²) in [5.41, 5.74) is 4.21. The SMILES string of the molecule is Cc1ccc(-c2cn(-c3ccc(F)cc3)c(C)c2C(=O)O)cc1. The van der Waals surface area contributed by atoms with E-state index >= 15 is 0 Å². The minimum Gasteiger partial charge on any atom is -0.478 e. The molecule has 0 radical (unpaired) electrons. The summed E-state index contributed by atoms with van der Waals surface area (Å²) in [4.78, 5) is 11.7. The van der Waals surface area contributed by atoms with Gasteiger partial charge in [0.15, 0.2) is 0 Å². The van der Waals surface area contributed by atoms with Gasteiger partial charge in [0, 0.05) is 23.1 Å². The van der Waals surface area contributed by atoms with Gasteiger partial charge in [0.25, 0.3) is 0 Å². The lowest BCUT2D eigenvalue weighted by Crippen LogP contribution is -2.02. The molecule has 1 N–H and O–H groups in total. The maximum absolute atomic E-state index is 13.1. The Bertz CT molecular complexity index is 862. The first-order chi connectivity index (χ1) is 11.0. The molecule has 0 aliphatic heterocycles. The van der Waals surface area contributed by atoms with Crippen LogP contribution in [0.4, 0.5) is 4.39 Å². The number of hydrogen-bond donors (Lipinski definition) is 1. The van der Waals surface area contributed by atoms with Crippen molar-refractivity contribution in [1.29, 1.82) is 0 Å². The van der Waals surface area contributed by atoms with E-state index in [4.69, 9.17) is 0 Å². The molecule has 0 aliphatic carbocycles. The van der Waals surface area contributed by atoms with Gasteiger partial charge in [-0.1, -0.05) is 29.8 Å². The van der Waals surface area contributed by atoms with E-state index in [1.807, 2.05) is 31.2 Å². The van der Waals surface area contributed by atoms with Gasteiger partial charge in [-0.05, 0) is 43.7 Å². The van der Waals surface area contributed by atoms with Gasteiger partial charge in [0.2, 0.25) is 0 Å². The first-order valence-electron chi connectivity index (χ1n) is 7.25. The smallest absolute Gasteiger partial charge is 0.338 e. The highest BCUT2D eigenvalue weighted by Gasteiger charge is 2.20. The number of carboxylic acids is 1. The van der Waals surface area contributed by atoms with Crippen molar-refractivity contribution in [3.8, 4) is 16.8 Å². The summed E-state index contributed by atoms with van der Waals surface area (Å²) in [5.74, 6) is -1.30. The lowest BCUT2D eigenvalue weighted by molar-refractivity contribution is 0.0697. The molecule has 0 aliphatic rings. The molecule has 1 aromatic heterocycles. The molecule has 0 spiro atoms. The fourth-order valence-corrected chi connectivity index (χ4v) is 2.70. The Hall–Kier alpha value is -2.88. The molecule has 0 atom stereocenters. The van der Waals surface area contributed by atoms with Crippen molar-refractivity contribution in [1.82, 2.24) is 4.57 Å². The van der Waals surface area contributed by atoms with Gasteiger partial charge in [-0.2, -0.15) is 0 Å². The predicted octanol–water partition coefficient (Wildman–Crippen LogP) is 4.60. The maximum atomic E-state index is 13.1. The first-order valence-corrected chi connectivity index (χ1v) is 7.25. The van der Waals surface area contributed by atoms with Crippen molar-refractivity contribution in [2.75, 3.05) is 0 Å². The Morgan fingerprint density at radius 2 is 1.61 bits per heavy atom. The summed E-state index contributed by atoms with van der Waals surface area (Å²) in [7, 11) is 0. The standard InChI is InChI=1S/C19H16FNO2/c1-12-3-5-14(6-4-12)17-11-21(13(2)18(17)19(22)23)16-9-7-15(20)8-10-16/h3-11H,1-2H3,(H,22,23). The number of halogens is 1. The molecule has 116 valence electrons. The Morgan fingerprint density at radius 1 is 1.00 bits per heavy atom. The number of aromatic carboxylic acids is 1. The zero-order chi connectivity index (χ0) is 16.6. The molecule has 0 fully saturated rings. The van der Waals surface area contributed by atoms with E-state index in [1.54, 1.807) is 29.8 Å². The van der Waals surface area contributed by atoms with Crippen LogP contribution in [0.1, 0.15) is 21.6 Å². The largest absolute Gasteiger partial charge is 0.478 e. The third-order valence-corrected chi connectivity index (χ3v) is 3.93. The zero-order valence-electron chi connectivity index (χ0n) is 12.9. The monoisotopic (exact) mass is 309 g/mol. The van der Waals surface area contributed by atoms with E-state index in [0.29, 0.717) is 11.3 Å². The fraction of sp³-hybridized carbons (Fsp3) is 0.105. The second-order valence-corrected chi connectivity index (χ2v) is 5.52. The van der Waals surface area contributed by atoms with E-state index in [0.717, 1.165) is 16.8 Å². The van der Waals surface area contributed by atoms with E-state index in [9.17, 15) is 14.3 Å². The van der Waals surface area contributed by atoms with Crippen LogP contribution in [0.2, 0.25) is 0 Å². The highest BCUT2D eigenvalue weighted by Crippen LogP contribution is 2.30. The van der Waals surface area contributed by atoms with Crippen molar-refractivity contribution in [3.05, 3.63) is 77.4 Å². The summed E-state index contributed by atoms with van der Waals surface area (Å²) in [6.45, 7) is 3.74. The summed E-state index contributed by atoms with van der Waals surface area (Å²) in [6, 6.07) is 13.7. The molecule has 0 unspecified atom stereocenters. The molecule has 2 aromatic carbocycles. The van der Waals surface area contributed by atoms with Crippen molar-refractivity contribution >= 4 is 5.97 Å². The van der Waals surface area contributed by atoms with Crippen LogP contribution in [0.3, 0.4) is 0 Å². The van der Waals surface area contributed by atoms with Gasteiger partial charge in [0.1, 0.15) is 5.82 Å². The second kappa shape index (κ2) is 5.72. The normalized spacial score (nSPS) is 10.7. The molecule has 23 heavy (non-hydrogen) atoms. The van der Waals surface area contributed by atoms with Gasteiger partial charge in [0.05, 0.1) is 5.56 Å². The highest BCUT2D eigenvalue weighted by atomic mass is 19.1. The second-order valence-electron chi connectivity index (χ2n) is 5.52. The number of rotatable bonds is 3. The predicted molar refractivity (Wildman–Crippen MR) is 87.6 cm³/mol. The summed E-state index contributed by atoms with van der Waals surface area (Å²) in [5, 5.41) is 9.59. The average Bonchev–Trinajstić information content (AvgIpc) is 2.86. The molecule has 1 heterocycles. The number of hydrogen-bond acceptors (Lipinski definition) is 1. The Balaban J connectivity index is 2.20. The first kappa shape index (κ1) is 15.0. The molecular weight excluding hydrogens is 293 g/mol. The molecule has 0 saturated heterocycles. The molecular formula is C19H16FNO2. The van der Waals surface area contributed by atoms with E-state index in [1.165, 1.54) is 12.1 Å². The number of carboxylic acid groups (broad SMARTS) is 1. The van der Waals surface area contributed by atoms with Crippen LogP contribution >= 0.6 is 0 Å². The molecule has 0 saturated carbocycles. The van der Waals surface area contributed by atoms with Crippen molar-refractivity contribution < 1.29 is 14.3 Å². The summed E-state index contributed by atoms with van der Waals surface area (Å²) < 4.78 is 14.9. The van der Waals surface area contributed by atoms with Gasteiger partial charge in [-0.15, -0.1) is 0 Å². The maximum Gasteiger partial charge on any atom is 0.338 e. The van der Waals surface area contributed by atoms with Gasteiger partial charge < -0.3 is 9.67 Å². The van der Waals surface area contributed by atoms with Gasteiger partial charge >= 0.3 is 5.97 Å². The van der Waals surface area contributed by atoms with Crippen LogP contribution in [0, 0.1) is 19.7 Å². The number of benzene rings is 2. The van der Waals surface area contributed by atoms with Crippen LogP contribution in [-0.2, 0) is 0 Å². The third kappa shape index (κ3) is 2.75.